The van der Waals surface area contributed by atoms with Crippen LogP contribution in [0.4, 0.5) is 0 Å². The van der Waals surface area contributed by atoms with Crippen LogP contribution in [0.25, 0.3) is 0 Å². The van der Waals surface area contributed by atoms with E-state index >= 15 is 0 Å². The monoisotopic (exact) mass is 414 g/mol. The summed E-state index contributed by atoms with van der Waals surface area (Å²) in [6.45, 7) is 6.40. The van der Waals surface area contributed by atoms with Crippen LogP contribution in [0.2, 0.25) is 0 Å². The summed E-state index contributed by atoms with van der Waals surface area (Å²) in [4.78, 5) is 0. The molecule has 0 aliphatic heterocycles. The van der Waals surface area contributed by atoms with E-state index in [1.54, 1.807) is 0 Å². The zero-order valence-electron chi connectivity index (χ0n) is 19.7. The second-order valence-corrected chi connectivity index (χ2v) is 10.2. The fourth-order valence-corrected chi connectivity index (χ4v) is 5.58. The van der Waals surface area contributed by atoms with E-state index in [9.17, 15) is 0 Å². The summed E-state index contributed by atoms with van der Waals surface area (Å²) in [6, 6.07) is 8.30. The molecule has 2 heteroatoms. The Morgan fingerprint density at radius 1 is 0.733 bits per heavy atom. The van der Waals surface area contributed by atoms with Crippen molar-refractivity contribution >= 4 is 0 Å². The first-order valence-electron chi connectivity index (χ1n) is 13.1. The Balaban J connectivity index is 1.31. The number of hydrogen-bond donors (Lipinski definition) is 0. The molecule has 2 aliphatic rings. The molecule has 0 N–H and O–H groups in total. The summed E-state index contributed by atoms with van der Waals surface area (Å²) in [5.41, 5.74) is 0. The molecular weight excluding hydrogens is 368 g/mol. The highest BCUT2D eigenvalue weighted by Gasteiger charge is 2.24. The largest absolute Gasteiger partial charge is 0.494 e. The molecule has 2 atom stereocenters. The van der Waals surface area contributed by atoms with E-state index in [4.69, 9.17) is 9.47 Å². The predicted octanol–water partition coefficient (Wildman–Crippen LogP) is 8.44. The molecule has 30 heavy (non-hydrogen) atoms. The standard InChI is InChI=1S/C28H46O2/c1-3-4-5-9-25-10-6-7-11-26(25)12-8-21-29-27-17-19-28(20-18-27)30-22-24-15-13-23(2)14-16-24/h17-20,23-26H,3-16,21-22H2,1-2H3. The molecule has 170 valence electrons. The van der Waals surface area contributed by atoms with Gasteiger partial charge in [0.25, 0.3) is 0 Å². The third kappa shape index (κ3) is 8.16. The van der Waals surface area contributed by atoms with Gasteiger partial charge in [-0.2, -0.15) is 0 Å². The molecule has 2 saturated carbocycles. The fraction of sp³-hybridized carbons (Fsp3) is 0.786. The van der Waals surface area contributed by atoms with Crippen LogP contribution in [0.3, 0.4) is 0 Å². The predicted molar refractivity (Wildman–Crippen MR) is 127 cm³/mol. The van der Waals surface area contributed by atoms with Gasteiger partial charge < -0.3 is 9.47 Å². The Kier molecular flexibility index (Phi) is 10.4. The Bertz CT molecular complexity index is 559. The van der Waals surface area contributed by atoms with E-state index in [1.807, 2.05) is 0 Å². The van der Waals surface area contributed by atoms with E-state index in [1.165, 1.54) is 89.9 Å². The smallest absolute Gasteiger partial charge is 0.119 e. The summed E-state index contributed by atoms with van der Waals surface area (Å²) < 4.78 is 12.1. The van der Waals surface area contributed by atoms with Crippen molar-refractivity contribution in [1.29, 1.82) is 0 Å². The van der Waals surface area contributed by atoms with Gasteiger partial charge in [-0.15, -0.1) is 0 Å². The maximum absolute atomic E-state index is 6.04. The lowest BCUT2D eigenvalue weighted by molar-refractivity contribution is 0.187. The lowest BCUT2D eigenvalue weighted by Crippen LogP contribution is -2.20. The number of rotatable bonds is 12. The molecule has 2 aliphatic carbocycles. The van der Waals surface area contributed by atoms with Crippen LogP contribution in [0.5, 0.6) is 11.5 Å². The first-order valence-corrected chi connectivity index (χ1v) is 13.1. The quantitative estimate of drug-likeness (QED) is 0.319. The van der Waals surface area contributed by atoms with Gasteiger partial charge in [-0.25, -0.2) is 0 Å². The molecular formula is C28H46O2. The molecule has 0 heterocycles. The average molecular weight is 415 g/mol. The molecule has 2 unspecified atom stereocenters. The van der Waals surface area contributed by atoms with Crippen molar-refractivity contribution in [2.24, 2.45) is 23.7 Å². The molecule has 2 nitrogen and oxygen atoms in total. The number of benzene rings is 1. The minimum absolute atomic E-state index is 0.739. The number of unbranched alkanes of at least 4 members (excludes halogenated alkanes) is 2. The maximum Gasteiger partial charge on any atom is 0.119 e. The van der Waals surface area contributed by atoms with Gasteiger partial charge in [0, 0.05) is 0 Å². The summed E-state index contributed by atoms with van der Waals surface area (Å²) >= 11 is 0. The third-order valence-corrected chi connectivity index (χ3v) is 7.68. The van der Waals surface area contributed by atoms with Crippen LogP contribution in [0, 0.1) is 23.7 Å². The Hall–Kier alpha value is -1.18. The van der Waals surface area contributed by atoms with E-state index in [0.717, 1.165) is 48.4 Å². The number of ether oxygens (including phenoxy) is 2. The SMILES string of the molecule is CCCCCC1CCCCC1CCCOc1ccc(OCC2CCC(C)CC2)cc1. The molecule has 2 fully saturated rings. The van der Waals surface area contributed by atoms with E-state index in [0.29, 0.717) is 0 Å². The average Bonchev–Trinajstić information content (AvgIpc) is 2.78. The molecule has 0 spiro atoms. The van der Waals surface area contributed by atoms with Crippen molar-refractivity contribution in [3.63, 3.8) is 0 Å². The van der Waals surface area contributed by atoms with E-state index < -0.39 is 0 Å². The molecule has 0 radical (unpaired) electrons. The Morgan fingerprint density at radius 2 is 1.33 bits per heavy atom. The summed E-state index contributed by atoms with van der Waals surface area (Å²) in [6.07, 6.45) is 19.4. The van der Waals surface area contributed by atoms with Gasteiger partial charge in [0.15, 0.2) is 0 Å². The highest BCUT2D eigenvalue weighted by Crippen LogP contribution is 2.36. The summed E-state index contributed by atoms with van der Waals surface area (Å²) in [5.74, 6) is 5.53. The molecule has 0 bridgehead atoms. The van der Waals surface area contributed by atoms with Crippen molar-refractivity contribution in [1.82, 2.24) is 0 Å². The van der Waals surface area contributed by atoms with Crippen LogP contribution in [-0.2, 0) is 0 Å². The topological polar surface area (TPSA) is 18.5 Å². The van der Waals surface area contributed by atoms with Crippen molar-refractivity contribution in [2.75, 3.05) is 13.2 Å². The minimum Gasteiger partial charge on any atom is -0.494 e. The van der Waals surface area contributed by atoms with E-state index in [-0.39, 0.29) is 0 Å². The van der Waals surface area contributed by atoms with Crippen molar-refractivity contribution in [3.05, 3.63) is 24.3 Å². The van der Waals surface area contributed by atoms with Gasteiger partial charge in [0.1, 0.15) is 11.5 Å². The zero-order valence-corrected chi connectivity index (χ0v) is 19.7. The highest BCUT2D eigenvalue weighted by atomic mass is 16.5. The normalized spacial score (nSPS) is 27.0. The van der Waals surface area contributed by atoms with Gasteiger partial charge in [-0.05, 0) is 73.6 Å². The summed E-state index contributed by atoms with van der Waals surface area (Å²) in [7, 11) is 0. The summed E-state index contributed by atoms with van der Waals surface area (Å²) in [5, 5.41) is 0. The Morgan fingerprint density at radius 3 is 1.97 bits per heavy atom. The second kappa shape index (κ2) is 13.3. The highest BCUT2D eigenvalue weighted by molar-refractivity contribution is 5.31. The molecule has 0 amide bonds. The lowest BCUT2D eigenvalue weighted by atomic mass is 9.74. The van der Waals surface area contributed by atoms with Crippen LogP contribution in [0.15, 0.2) is 24.3 Å². The van der Waals surface area contributed by atoms with Crippen LogP contribution in [0.1, 0.15) is 104 Å². The molecule has 3 rings (SSSR count). The molecule has 1 aromatic carbocycles. The van der Waals surface area contributed by atoms with Gasteiger partial charge in [0.05, 0.1) is 13.2 Å². The van der Waals surface area contributed by atoms with Crippen LogP contribution in [-0.4, -0.2) is 13.2 Å². The van der Waals surface area contributed by atoms with Gasteiger partial charge in [-0.3, -0.25) is 0 Å². The van der Waals surface area contributed by atoms with Crippen molar-refractivity contribution in [3.8, 4) is 11.5 Å². The first kappa shape index (κ1) is 23.5. The minimum atomic E-state index is 0.739. The molecule has 0 saturated heterocycles. The van der Waals surface area contributed by atoms with Crippen LogP contribution < -0.4 is 9.47 Å². The lowest BCUT2D eigenvalue weighted by Gasteiger charge is -2.31. The van der Waals surface area contributed by atoms with Gasteiger partial charge >= 0.3 is 0 Å². The van der Waals surface area contributed by atoms with Crippen molar-refractivity contribution in [2.45, 2.75) is 104 Å². The molecule has 1 aromatic rings. The third-order valence-electron chi connectivity index (χ3n) is 7.68. The van der Waals surface area contributed by atoms with E-state index in [2.05, 4.69) is 38.1 Å². The number of hydrogen-bond acceptors (Lipinski definition) is 2. The molecule has 0 aromatic heterocycles. The van der Waals surface area contributed by atoms with Gasteiger partial charge in [-0.1, -0.05) is 78.1 Å². The first-order chi connectivity index (χ1) is 14.7. The Labute approximate surface area is 186 Å². The zero-order chi connectivity index (χ0) is 21.0. The van der Waals surface area contributed by atoms with Crippen LogP contribution >= 0.6 is 0 Å². The maximum atomic E-state index is 6.04. The van der Waals surface area contributed by atoms with Crippen molar-refractivity contribution < 1.29 is 9.47 Å². The second-order valence-electron chi connectivity index (χ2n) is 10.2. The van der Waals surface area contributed by atoms with Gasteiger partial charge in [0.2, 0.25) is 0 Å². The fourth-order valence-electron chi connectivity index (χ4n) is 5.58.